The monoisotopic (exact) mass is 257 g/mol. The summed E-state index contributed by atoms with van der Waals surface area (Å²) in [5.74, 6) is 0. The Morgan fingerprint density at radius 1 is 1.39 bits per heavy atom. The number of benzene rings is 1. The molecule has 1 heterocycles. The highest BCUT2D eigenvalue weighted by molar-refractivity contribution is 6.33. The van der Waals surface area contributed by atoms with E-state index in [0.29, 0.717) is 17.1 Å². The van der Waals surface area contributed by atoms with Crippen molar-refractivity contribution in [3.63, 3.8) is 0 Å². The van der Waals surface area contributed by atoms with E-state index in [0.717, 1.165) is 11.3 Å². The van der Waals surface area contributed by atoms with E-state index in [9.17, 15) is 0 Å². The lowest BCUT2D eigenvalue weighted by atomic mass is 10.1. The lowest BCUT2D eigenvalue weighted by Crippen LogP contribution is -2.16. The molecule has 1 aromatic carbocycles. The maximum absolute atomic E-state index is 8.86. The van der Waals surface area contributed by atoms with Crippen molar-refractivity contribution in [2.45, 2.75) is 6.54 Å². The summed E-state index contributed by atoms with van der Waals surface area (Å²) in [7, 11) is 1.96. The van der Waals surface area contributed by atoms with Crippen LogP contribution in [0.3, 0.4) is 0 Å². The van der Waals surface area contributed by atoms with Crippen LogP contribution in [0, 0.1) is 11.3 Å². The Morgan fingerprint density at radius 2 is 2.22 bits per heavy atom. The van der Waals surface area contributed by atoms with E-state index >= 15 is 0 Å². The van der Waals surface area contributed by atoms with Gasteiger partial charge in [0.15, 0.2) is 0 Å². The molecule has 0 aliphatic carbocycles. The molecule has 0 fully saturated rings. The molecule has 1 aromatic heterocycles. The number of hydrogen-bond donors (Lipinski definition) is 0. The molecule has 0 atom stereocenters. The van der Waals surface area contributed by atoms with Gasteiger partial charge in [-0.3, -0.25) is 4.98 Å². The molecule has 2 rings (SSSR count). The number of nitrogens with zero attached hydrogens (tertiary/aromatic N) is 3. The number of halogens is 1. The van der Waals surface area contributed by atoms with Crippen molar-refractivity contribution in [1.82, 2.24) is 4.98 Å². The topological polar surface area (TPSA) is 39.9 Å². The summed E-state index contributed by atoms with van der Waals surface area (Å²) in [6, 6.07) is 11.6. The standard InChI is InChI=1S/C14H12ClN3/c1-18(14-5-6-17-9-13(14)15)10-12-4-2-3-11(7-12)8-16/h2-7,9H,10H2,1H3. The van der Waals surface area contributed by atoms with Crippen molar-refractivity contribution in [3.05, 3.63) is 58.9 Å². The van der Waals surface area contributed by atoms with Crippen LogP contribution >= 0.6 is 11.6 Å². The first kappa shape index (κ1) is 12.4. The maximum atomic E-state index is 8.86. The second-order valence-electron chi connectivity index (χ2n) is 4.00. The van der Waals surface area contributed by atoms with Crippen molar-refractivity contribution in [1.29, 1.82) is 5.26 Å². The number of nitriles is 1. The molecule has 18 heavy (non-hydrogen) atoms. The van der Waals surface area contributed by atoms with Gasteiger partial charge in [0.25, 0.3) is 0 Å². The second kappa shape index (κ2) is 5.52. The Hall–Kier alpha value is -2.05. The zero-order valence-corrected chi connectivity index (χ0v) is 10.7. The number of pyridine rings is 1. The molecule has 3 nitrogen and oxygen atoms in total. The third-order valence-corrected chi connectivity index (χ3v) is 2.93. The maximum Gasteiger partial charge on any atom is 0.0991 e. The first-order valence-corrected chi connectivity index (χ1v) is 5.88. The molecule has 4 heteroatoms. The summed E-state index contributed by atoms with van der Waals surface area (Å²) >= 11 is 6.09. The first-order chi connectivity index (χ1) is 8.70. The lowest BCUT2D eigenvalue weighted by molar-refractivity contribution is 0.920. The van der Waals surface area contributed by atoms with Gasteiger partial charge in [0.05, 0.1) is 22.3 Å². The van der Waals surface area contributed by atoms with E-state index in [4.69, 9.17) is 16.9 Å². The van der Waals surface area contributed by atoms with Crippen molar-refractivity contribution in [2.24, 2.45) is 0 Å². The van der Waals surface area contributed by atoms with Crippen LogP contribution in [0.15, 0.2) is 42.7 Å². The molecule has 0 bridgehead atoms. The molecule has 0 N–H and O–H groups in total. The van der Waals surface area contributed by atoms with E-state index in [1.165, 1.54) is 0 Å². The van der Waals surface area contributed by atoms with E-state index < -0.39 is 0 Å². The van der Waals surface area contributed by atoms with Crippen molar-refractivity contribution < 1.29 is 0 Å². The molecule has 0 spiro atoms. The van der Waals surface area contributed by atoms with Crippen LogP contribution in [-0.4, -0.2) is 12.0 Å². The summed E-state index contributed by atoms with van der Waals surface area (Å²) in [5, 5.41) is 9.49. The average Bonchev–Trinajstić information content (AvgIpc) is 2.39. The molecule has 0 aliphatic heterocycles. The van der Waals surface area contributed by atoms with Gasteiger partial charge >= 0.3 is 0 Å². The summed E-state index contributed by atoms with van der Waals surface area (Å²) in [5.41, 5.74) is 2.67. The lowest BCUT2D eigenvalue weighted by Gasteiger charge is -2.20. The fourth-order valence-electron chi connectivity index (χ4n) is 1.78. The summed E-state index contributed by atoms with van der Waals surface area (Å²) in [6.07, 6.45) is 3.34. The molecule has 0 saturated heterocycles. The molecule has 0 aliphatic rings. The van der Waals surface area contributed by atoms with Crippen molar-refractivity contribution >= 4 is 17.3 Å². The number of anilines is 1. The Balaban J connectivity index is 2.19. The van der Waals surface area contributed by atoms with Gasteiger partial charge in [0.2, 0.25) is 0 Å². The van der Waals surface area contributed by atoms with Crippen LogP contribution in [0.1, 0.15) is 11.1 Å². The molecule has 0 radical (unpaired) electrons. The first-order valence-electron chi connectivity index (χ1n) is 5.50. The summed E-state index contributed by atoms with van der Waals surface area (Å²) in [6.45, 7) is 0.694. The highest BCUT2D eigenvalue weighted by Gasteiger charge is 2.06. The quantitative estimate of drug-likeness (QED) is 0.847. The predicted octanol–water partition coefficient (Wildman–Crippen LogP) is 3.24. The third kappa shape index (κ3) is 2.79. The van der Waals surface area contributed by atoms with Gasteiger partial charge in [-0.2, -0.15) is 5.26 Å². The van der Waals surface area contributed by atoms with Crippen LogP contribution in [0.25, 0.3) is 0 Å². The Labute approximate surface area is 111 Å². The van der Waals surface area contributed by atoms with Gasteiger partial charge in [-0.15, -0.1) is 0 Å². The van der Waals surface area contributed by atoms with Gasteiger partial charge in [-0.25, -0.2) is 0 Å². The number of rotatable bonds is 3. The summed E-state index contributed by atoms with van der Waals surface area (Å²) < 4.78 is 0. The highest BCUT2D eigenvalue weighted by atomic mass is 35.5. The average molecular weight is 258 g/mol. The fraction of sp³-hybridized carbons (Fsp3) is 0.143. The smallest absolute Gasteiger partial charge is 0.0991 e. The Morgan fingerprint density at radius 3 is 2.94 bits per heavy atom. The fourth-order valence-corrected chi connectivity index (χ4v) is 2.04. The Kier molecular flexibility index (Phi) is 3.81. The SMILES string of the molecule is CN(Cc1cccc(C#N)c1)c1ccncc1Cl. The molecule has 0 saturated carbocycles. The zero-order valence-electron chi connectivity index (χ0n) is 9.97. The molecule has 2 aromatic rings. The van der Waals surface area contributed by atoms with E-state index in [1.54, 1.807) is 18.5 Å². The molecular formula is C14H12ClN3. The molecule has 0 unspecified atom stereocenters. The van der Waals surface area contributed by atoms with E-state index in [-0.39, 0.29) is 0 Å². The molecule has 90 valence electrons. The number of hydrogen-bond acceptors (Lipinski definition) is 3. The van der Waals surface area contributed by atoms with Gasteiger partial charge in [0, 0.05) is 26.0 Å². The van der Waals surface area contributed by atoms with Gasteiger partial charge in [0.1, 0.15) is 0 Å². The largest absolute Gasteiger partial charge is 0.369 e. The van der Waals surface area contributed by atoms with Crippen LogP contribution in [-0.2, 0) is 6.54 Å². The summed E-state index contributed by atoms with van der Waals surface area (Å²) in [4.78, 5) is 5.99. The third-order valence-electron chi connectivity index (χ3n) is 2.64. The minimum atomic E-state index is 0.622. The van der Waals surface area contributed by atoms with Gasteiger partial charge < -0.3 is 4.90 Å². The molecule has 0 amide bonds. The number of aromatic nitrogens is 1. The van der Waals surface area contributed by atoms with E-state index in [2.05, 4.69) is 11.1 Å². The normalized spacial score (nSPS) is 9.83. The van der Waals surface area contributed by atoms with Crippen molar-refractivity contribution in [3.8, 4) is 6.07 Å². The van der Waals surface area contributed by atoms with Gasteiger partial charge in [-0.1, -0.05) is 23.7 Å². The van der Waals surface area contributed by atoms with Crippen LogP contribution < -0.4 is 4.90 Å². The van der Waals surface area contributed by atoms with E-state index in [1.807, 2.05) is 36.2 Å². The predicted molar refractivity (Wildman–Crippen MR) is 72.5 cm³/mol. The Bertz CT molecular complexity index is 590. The minimum absolute atomic E-state index is 0.622. The van der Waals surface area contributed by atoms with Gasteiger partial charge in [-0.05, 0) is 23.8 Å². The van der Waals surface area contributed by atoms with Crippen LogP contribution in [0.4, 0.5) is 5.69 Å². The zero-order chi connectivity index (χ0) is 13.0. The minimum Gasteiger partial charge on any atom is -0.369 e. The highest BCUT2D eigenvalue weighted by Crippen LogP contribution is 2.24. The van der Waals surface area contributed by atoms with Crippen LogP contribution in [0.5, 0.6) is 0 Å². The molecular weight excluding hydrogens is 246 g/mol. The second-order valence-corrected chi connectivity index (χ2v) is 4.40. The van der Waals surface area contributed by atoms with Crippen LogP contribution in [0.2, 0.25) is 5.02 Å². The van der Waals surface area contributed by atoms with Crippen molar-refractivity contribution in [2.75, 3.05) is 11.9 Å².